The molecule has 0 radical (unpaired) electrons. The molecule has 18 heavy (non-hydrogen) atoms. The summed E-state index contributed by atoms with van der Waals surface area (Å²) in [6.07, 6.45) is 0.675. The van der Waals surface area contributed by atoms with E-state index < -0.39 is 6.09 Å². The van der Waals surface area contributed by atoms with Gasteiger partial charge in [0.25, 0.3) is 0 Å². The van der Waals surface area contributed by atoms with Crippen molar-refractivity contribution in [3.63, 3.8) is 0 Å². The Kier molecular flexibility index (Phi) is 5.40. The van der Waals surface area contributed by atoms with E-state index in [0.29, 0.717) is 25.4 Å². The smallest absolute Gasteiger partial charge is 0.407 e. The van der Waals surface area contributed by atoms with Gasteiger partial charge in [-0.25, -0.2) is 4.79 Å². The van der Waals surface area contributed by atoms with E-state index in [0.717, 1.165) is 6.42 Å². The summed E-state index contributed by atoms with van der Waals surface area (Å²) >= 11 is 0. The second-order valence-corrected chi connectivity index (χ2v) is 5.07. The molecule has 0 aromatic heterocycles. The molecule has 0 bridgehead atoms. The fourth-order valence-electron chi connectivity index (χ4n) is 1.90. The van der Waals surface area contributed by atoms with Gasteiger partial charge in [0.1, 0.15) is 0 Å². The van der Waals surface area contributed by atoms with E-state index in [-0.39, 0.29) is 18.0 Å². The highest BCUT2D eigenvalue weighted by molar-refractivity contribution is 5.77. The Hall–Kier alpha value is -1.30. The molecule has 104 valence electrons. The van der Waals surface area contributed by atoms with Gasteiger partial charge >= 0.3 is 6.09 Å². The first-order chi connectivity index (χ1) is 8.43. The summed E-state index contributed by atoms with van der Waals surface area (Å²) in [4.78, 5) is 24.8. The van der Waals surface area contributed by atoms with Crippen molar-refractivity contribution < 1.29 is 14.3 Å². The standard InChI is InChI=1S/C12H23N3O3/c1-8(2)10(13)6-11(16)15-5-4-9(7-15)14-12(17)18-3/h8-10H,4-7,13H2,1-3H3,(H,14,17). The summed E-state index contributed by atoms with van der Waals surface area (Å²) in [5, 5.41) is 2.70. The average Bonchev–Trinajstić information content (AvgIpc) is 2.77. The predicted octanol–water partition coefficient (Wildman–Crippen LogP) is 0.317. The summed E-state index contributed by atoms with van der Waals surface area (Å²) < 4.78 is 4.53. The number of likely N-dealkylation sites (tertiary alicyclic amines) is 1. The van der Waals surface area contributed by atoms with Crippen LogP contribution in [0.3, 0.4) is 0 Å². The highest BCUT2D eigenvalue weighted by Gasteiger charge is 2.28. The highest BCUT2D eigenvalue weighted by Crippen LogP contribution is 2.13. The number of rotatable bonds is 4. The average molecular weight is 257 g/mol. The molecule has 2 amide bonds. The quantitative estimate of drug-likeness (QED) is 0.759. The topological polar surface area (TPSA) is 84.7 Å². The van der Waals surface area contributed by atoms with Crippen LogP contribution >= 0.6 is 0 Å². The Morgan fingerprint density at radius 3 is 2.72 bits per heavy atom. The van der Waals surface area contributed by atoms with Gasteiger partial charge in [0.15, 0.2) is 0 Å². The SMILES string of the molecule is COC(=O)NC1CCN(C(=O)CC(N)C(C)C)C1. The van der Waals surface area contributed by atoms with Crippen LogP contribution in [-0.2, 0) is 9.53 Å². The lowest BCUT2D eigenvalue weighted by atomic mass is 10.0. The van der Waals surface area contributed by atoms with Gasteiger partial charge in [-0.15, -0.1) is 0 Å². The number of ether oxygens (including phenoxy) is 1. The molecule has 2 atom stereocenters. The second kappa shape index (κ2) is 6.58. The Balaban J connectivity index is 2.37. The second-order valence-electron chi connectivity index (χ2n) is 5.07. The van der Waals surface area contributed by atoms with Crippen LogP contribution in [0.15, 0.2) is 0 Å². The van der Waals surface area contributed by atoms with Crippen LogP contribution in [0.4, 0.5) is 4.79 Å². The van der Waals surface area contributed by atoms with Gasteiger partial charge in [-0.3, -0.25) is 4.79 Å². The van der Waals surface area contributed by atoms with E-state index in [1.54, 1.807) is 4.90 Å². The zero-order valence-electron chi connectivity index (χ0n) is 11.3. The van der Waals surface area contributed by atoms with Gasteiger partial charge in [0.2, 0.25) is 5.91 Å². The number of nitrogens with one attached hydrogen (secondary N) is 1. The summed E-state index contributed by atoms with van der Waals surface area (Å²) in [5.41, 5.74) is 5.88. The number of hydrogen-bond donors (Lipinski definition) is 2. The van der Waals surface area contributed by atoms with Crippen LogP contribution in [0.5, 0.6) is 0 Å². The molecular weight excluding hydrogens is 234 g/mol. The number of carbonyl (C=O) groups excluding carboxylic acids is 2. The van der Waals surface area contributed by atoms with Gasteiger partial charge in [-0.05, 0) is 12.3 Å². The number of amides is 2. The molecule has 1 aliphatic rings. The summed E-state index contributed by atoms with van der Waals surface area (Å²) in [5.74, 6) is 0.353. The Morgan fingerprint density at radius 1 is 1.50 bits per heavy atom. The number of carbonyl (C=O) groups is 2. The molecule has 1 rings (SSSR count). The largest absolute Gasteiger partial charge is 0.453 e. The molecule has 3 N–H and O–H groups in total. The maximum Gasteiger partial charge on any atom is 0.407 e. The highest BCUT2D eigenvalue weighted by atomic mass is 16.5. The van der Waals surface area contributed by atoms with Crippen LogP contribution in [0.25, 0.3) is 0 Å². The van der Waals surface area contributed by atoms with Gasteiger partial charge < -0.3 is 20.7 Å². The fourth-order valence-corrected chi connectivity index (χ4v) is 1.90. The minimum absolute atomic E-state index is 0.0170. The van der Waals surface area contributed by atoms with E-state index in [4.69, 9.17) is 5.73 Å². The molecular formula is C12H23N3O3. The summed E-state index contributed by atoms with van der Waals surface area (Å²) in [6.45, 7) is 5.21. The van der Waals surface area contributed by atoms with Crippen LogP contribution in [-0.4, -0.2) is 49.2 Å². The van der Waals surface area contributed by atoms with Crippen molar-refractivity contribution in [3.05, 3.63) is 0 Å². The summed E-state index contributed by atoms with van der Waals surface area (Å²) in [6, 6.07) is -0.123. The Bertz CT molecular complexity index is 307. The monoisotopic (exact) mass is 257 g/mol. The lowest BCUT2D eigenvalue weighted by Crippen LogP contribution is -2.40. The number of hydrogen-bond acceptors (Lipinski definition) is 4. The Labute approximate surface area is 108 Å². The van der Waals surface area contributed by atoms with E-state index in [1.807, 2.05) is 13.8 Å². The van der Waals surface area contributed by atoms with Crippen molar-refractivity contribution in [3.8, 4) is 0 Å². The van der Waals surface area contributed by atoms with Crippen LogP contribution < -0.4 is 11.1 Å². The number of nitrogens with two attached hydrogens (primary N) is 1. The molecule has 1 heterocycles. The zero-order valence-corrected chi connectivity index (χ0v) is 11.3. The molecule has 2 unspecified atom stereocenters. The molecule has 0 aliphatic carbocycles. The number of alkyl carbamates (subject to hydrolysis) is 1. The molecule has 0 aromatic carbocycles. The van der Waals surface area contributed by atoms with Crippen molar-refractivity contribution in [2.45, 2.75) is 38.8 Å². The van der Waals surface area contributed by atoms with Crippen molar-refractivity contribution in [1.29, 1.82) is 0 Å². The van der Waals surface area contributed by atoms with Gasteiger partial charge in [0, 0.05) is 25.6 Å². The minimum atomic E-state index is -0.451. The van der Waals surface area contributed by atoms with Gasteiger partial charge in [0.05, 0.1) is 13.2 Å². The molecule has 0 spiro atoms. The summed E-state index contributed by atoms with van der Waals surface area (Å²) in [7, 11) is 1.33. The van der Waals surface area contributed by atoms with Crippen LogP contribution in [0.2, 0.25) is 0 Å². The lowest BCUT2D eigenvalue weighted by Gasteiger charge is -2.21. The van der Waals surface area contributed by atoms with Crippen LogP contribution in [0.1, 0.15) is 26.7 Å². The minimum Gasteiger partial charge on any atom is -0.453 e. The fraction of sp³-hybridized carbons (Fsp3) is 0.833. The van der Waals surface area contributed by atoms with Gasteiger partial charge in [-0.1, -0.05) is 13.8 Å². The Morgan fingerprint density at radius 2 is 2.17 bits per heavy atom. The van der Waals surface area contributed by atoms with Crippen LogP contribution in [0, 0.1) is 5.92 Å². The predicted molar refractivity (Wildman–Crippen MR) is 68.0 cm³/mol. The molecule has 0 saturated carbocycles. The molecule has 1 fully saturated rings. The normalized spacial score (nSPS) is 20.9. The van der Waals surface area contributed by atoms with Crippen molar-refractivity contribution in [1.82, 2.24) is 10.2 Å². The molecule has 1 aliphatic heterocycles. The van der Waals surface area contributed by atoms with Crippen molar-refractivity contribution in [2.24, 2.45) is 11.7 Å². The van der Waals surface area contributed by atoms with E-state index in [2.05, 4.69) is 10.1 Å². The van der Waals surface area contributed by atoms with Crippen molar-refractivity contribution >= 4 is 12.0 Å². The zero-order chi connectivity index (χ0) is 13.7. The van der Waals surface area contributed by atoms with Gasteiger partial charge in [-0.2, -0.15) is 0 Å². The first-order valence-electron chi connectivity index (χ1n) is 6.32. The van der Waals surface area contributed by atoms with Crippen molar-refractivity contribution in [2.75, 3.05) is 20.2 Å². The van der Waals surface area contributed by atoms with E-state index in [1.165, 1.54) is 7.11 Å². The first-order valence-corrected chi connectivity index (χ1v) is 6.32. The number of methoxy groups -OCH3 is 1. The van der Waals surface area contributed by atoms with E-state index in [9.17, 15) is 9.59 Å². The molecule has 6 heteroatoms. The maximum absolute atomic E-state index is 12.0. The lowest BCUT2D eigenvalue weighted by molar-refractivity contribution is -0.130. The first kappa shape index (κ1) is 14.8. The third kappa shape index (κ3) is 4.18. The molecule has 0 aromatic rings. The molecule has 1 saturated heterocycles. The van der Waals surface area contributed by atoms with E-state index >= 15 is 0 Å². The third-order valence-electron chi connectivity index (χ3n) is 3.31. The number of nitrogens with zero attached hydrogens (tertiary/aromatic N) is 1. The maximum atomic E-state index is 12.0. The third-order valence-corrected chi connectivity index (χ3v) is 3.31. The molecule has 6 nitrogen and oxygen atoms in total.